The zero-order chi connectivity index (χ0) is 19.7. The lowest BCUT2D eigenvalue weighted by molar-refractivity contribution is -0.148. The molecule has 2 aliphatic heterocycles. The molecule has 2 heterocycles. The Morgan fingerprint density at radius 3 is 2.34 bits per heavy atom. The van der Waals surface area contributed by atoms with Crippen LogP contribution in [0.5, 0.6) is 11.5 Å². The second-order valence-electron chi connectivity index (χ2n) is 7.95. The minimum absolute atomic E-state index is 0. The topological polar surface area (TPSA) is 65.4 Å². The maximum absolute atomic E-state index is 11.4. The van der Waals surface area contributed by atoms with E-state index in [1.807, 2.05) is 48.5 Å². The minimum Gasteiger partial charge on any atom is -0.481 e. The smallest absolute Gasteiger partial charge is 0.310 e. The van der Waals surface area contributed by atoms with E-state index in [2.05, 4.69) is 9.80 Å². The van der Waals surface area contributed by atoms with Crippen LogP contribution >= 0.6 is 0 Å². The normalized spacial score (nSPS) is 16.5. The lowest BCUT2D eigenvalue weighted by atomic mass is 9.93. The van der Waals surface area contributed by atoms with Crippen molar-refractivity contribution in [1.82, 2.24) is 9.80 Å². The van der Waals surface area contributed by atoms with Gasteiger partial charge >= 0.3 is 5.97 Å². The molecule has 0 spiro atoms. The molecule has 6 heteroatoms. The van der Waals surface area contributed by atoms with Gasteiger partial charge in [-0.2, -0.15) is 0 Å². The number of para-hydroxylation sites is 3. The van der Waals surface area contributed by atoms with Crippen LogP contribution in [0.2, 0.25) is 0 Å². The van der Waals surface area contributed by atoms with Crippen LogP contribution in [0.25, 0.3) is 0 Å². The van der Waals surface area contributed by atoms with E-state index >= 15 is 0 Å². The third-order valence-corrected chi connectivity index (χ3v) is 5.31. The van der Waals surface area contributed by atoms with Gasteiger partial charge in [0.1, 0.15) is 17.3 Å². The Bertz CT molecular complexity index is 915. The van der Waals surface area contributed by atoms with Crippen molar-refractivity contribution in [1.29, 1.82) is 0 Å². The van der Waals surface area contributed by atoms with E-state index in [1.54, 1.807) is 13.8 Å². The van der Waals surface area contributed by atoms with Crippen molar-refractivity contribution in [3.63, 3.8) is 0 Å². The molecule has 4 rings (SSSR count). The average Bonchev–Trinajstić information content (AvgIpc) is 2.85. The highest BCUT2D eigenvalue weighted by molar-refractivity contribution is 6.03. The summed E-state index contributed by atoms with van der Waals surface area (Å²) in [6.45, 7) is 7.31. The number of carbonyl (C=O) groups is 1. The quantitative estimate of drug-likeness (QED) is 0.842. The first-order valence-electron chi connectivity index (χ1n) is 9.60. The van der Waals surface area contributed by atoms with Gasteiger partial charge in [-0.25, -0.2) is 4.99 Å². The third-order valence-electron chi connectivity index (χ3n) is 5.31. The zero-order valence-corrected chi connectivity index (χ0v) is 16.3. The van der Waals surface area contributed by atoms with E-state index < -0.39 is 11.4 Å². The molecule has 1 saturated heterocycles. The van der Waals surface area contributed by atoms with E-state index in [1.165, 1.54) is 0 Å². The van der Waals surface area contributed by atoms with Gasteiger partial charge in [0, 0.05) is 32.7 Å². The molecule has 1 N–H and O–H groups in total. The Morgan fingerprint density at radius 1 is 1.03 bits per heavy atom. The number of carboxylic acids is 1. The zero-order valence-electron chi connectivity index (χ0n) is 16.3. The number of aliphatic imine (C=N–C) groups is 1. The van der Waals surface area contributed by atoms with E-state index in [0.29, 0.717) is 6.54 Å². The van der Waals surface area contributed by atoms with Gasteiger partial charge in [-0.1, -0.05) is 31.7 Å². The summed E-state index contributed by atoms with van der Waals surface area (Å²) in [5.74, 6) is 1.72. The Labute approximate surface area is 172 Å². The van der Waals surface area contributed by atoms with Crippen LogP contribution in [0.1, 0.15) is 26.8 Å². The molecule has 0 radical (unpaired) electrons. The molecule has 2 aromatic carbocycles. The van der Waals surface area contributed by atoms with Crippen LogP contribution in [0.4, 0.5) is 5.69 Å². The van der Waals surface area contributed by atoms with Gasteiger partial charge in [0.15, 0.2) is 5.75 Å². The number of ether oxygens (including phenoxy) is 1. The van der Waals surface area contributed by atoms with Crippen molar-refractivity contribution >= 4 is 17.5 Å². The molecule has 0 aromatic heterocycles. The molecule has 154 valence electrons. The van der Waals surface area contributed by atoms with Crippen LogP contribution in [0.3, 0.4) is 0 Å². The predicted octanol–water partition coefficient (Wildman–Crippen LogP) is 4.24. The van der Waals surface area contributed by atoms with Crippen LogP contribution in [-0.4, -0.2) is 59.4 Å². The van der Waals surface area contributed by atoms with Crippen LogP contribution in [0, 0.1) is 5.41 Å². The number of benzene rings is 2. The maximum atomic E-state index is 11.4. The first kappa shape index (κ1) is 20.9. The monoisotopic (exact) mass is 395 g/mol. The summed E-state index contributed by atoms with van der Waals surface area (Å²) in [7, 11) is 0. The largest absolute Gasteiger partial charge is 0.481 e. The molecule has 2 aliphatic rings. The number of hydrogen-bond donors (Lipinski definition) is 1. The van der Waals surface area contributed by atoms with Crippen molar-refractivity contribution in [2.75, 3.05) is 32.7 Å². The Kier molecular flexibility index (Phi) is 5.94. The third kappa shape index (κ3) is 4.27. The molecule has 1 fully saturated rings. The van der Waals surface area contributed by atoms with Gasteiger partial charge < -0.3 is 14.7 Å². The van der Waals surface area contributed by atoms with Crippen molar-refractivity contribution < 1.29 is 14.6 Å². The van der Waals surface area contributed by atoms with E-state index in [-0.39, 0.29) is 7.43 Å². The summed E-state index contributed by atoms with van der Waals surface area (Å²) < 4.78 is 6.12. The van der Waals surface area contributed by atoms with Gasteiger partial charge in [0.2, 0.25) is 0 Å². The van der Waals surface area contributed by atoms with Gasteiger partial charge in [-0.3, -0.25) is 9.69 Å². The average molecular weight is 396 g/mol. The number of rotatable bonds is 3. The summed E-state index contributed by atoms with van der Waals surface area (Å²) in [4.78, 5) is 20.9. The highest BCUT2D eigenvalue weighted by Gasteiger charge is 2.32. The summed E-state index contributed by atoms with van der Waals surface area (Å²) >= 11 is 0. The number of hydrogen-bond acceptors (Lipinski definition) is 5. The summed E-state index contributed by atoms with van der Waals surface area (Å²) in [5, 5.41) is 9.39. The first-order chi connectivity index (χ1) is 13.4. The highest BCUT2D eigenvalue weighted by Crippen LogP contribution is 2.37. The van der Waals surface area contributed by atoms with Crippen molar-refractivity contribution in [2.24, 2.45) is 10.4 Å². The lowest BCUT2D eigenvalue weighted by Gasteiger charge is -2.38. The molecule has 2 aromatic rings. The molecule has 6 nitrogen and oxygen atoms in total. The Morgan fingerprint density at radius 2 is 1.66 bits per heavy atom. The van der Waals surface area contributed by atoms with Crippen molar-refractivity contribution in [3.05, 3.63) is 54.1 Å². The number of carboxylic acid groups (broad SMARTS) is 1. The highest BCUT2D eigenvalue weighted by atomic mass is 16.5. The fourth-order valence-electron chi connectivity index (χ4n) is 3.65. The standard InChI is InChI=1S/C22H25N3O3.CH4/c1-22(2,21(26)27)15-24-11-13-25(14-12-24)20-16-7-3-5-9-18(16)28-19-10-6-4-8-17(19)23-20;/h3-10H,11-15H2,1-2H3,(H,26,27);1H4. The first-order valence-corrected chi connectivity index (χ1v) is 9.60. The number of amidine groups is 1. The van der Waals surface area contributed by atoms with Gasteiger partial charge in [-0.05, 0) is 38.1 Å². The number of aliphatic carboxylic acids is 1. The summed E-state index contributed by atoms with van der Waals surface area (Å²) in [6.07, 6.45) is 0. The molecular formula is C23H29N3O3. The fourth-order valence-corrected chi connectivity index (χ4v) is 3.65. The summed E-state index contributed by atoms with van der Waals surface area (Å²) in [6, 6.07) is 15.8. The maximum Gasteiger partial charge on any atom is 0.310 e. The molecule has 0 saturated carbocycles. The molecule has 0 bridgehead atoms. The summed E-state index contributed by atoms with van der Waals surface area (Å²) in [5.41, 5.74) is 1.06. The SMILES string of the molecule is C.CC(C)(CN1CCN(C2=Nc3ccccc3Oc3ccccc32)CC1)C(=O)O. The van der Waals surface area contributed by atoms with Crippen LogP contribution in [-0.2, 0) is 4.79 Å². The molecule has 0 atom stereocenters. The van der Waals surface area contributed by atoms with Gasteiger partial charge in [0.05, 0.1) is 11.0 Å². The van der Waals surface area contributed by atoms with Gasteiger partial charge in [-0.15, -0.1) is 0 Å². The second-order valence-corrected chi connectivity index (χ2v) is 7.95. The van der Waals surface area contributed by atoms with E-state index in [0.717, 1.165) is 54.8 Å². The number of fused-ring (bicyclic) bond motifs is 2. The van der Waals surface area contributed by atoms with Crippen molar-refractivity contribution in [3.8, 4) is 11.5 Å². The minimum atomic E-state index is -0.759. The van der Waals surface area contributed by atoms with Crippen LogP contribution in [0.15, 0.2) is 53.5 Å². The fraction of sp³-hybridized carbons (Fsp3) is 0.391. The molecule has 29 heavy (non-hydrogen) atoms. The molecule has 0 amide bonds. The Hall–Kier alpha value is -2.86. The van der Waals surface area contributed by atoms with E-state index in [9.17, 15) is 9.90 Å². The predicted molar refractivity (Wildman–Crippen MR) is 115 cm³/mol. The molecule has 0 unspecified atom stereocenters. The van der Waals surface area contributed by atoms with Gasteiger partial charge in [0.25, 0.3) is 0 Å². The van der Waals surface area contributed by atoms with Crippen LogP contribution < -0.4 is 4.74 Å². The Balaban J connectivity index is 0.00000240. The lowest BCUT2D eigenvalue weighted by Crippen LogP contribution is -2.52. The number of nitrogens with zero attached hydrogens (tertiary/aromatic N) is 3. The molecule has 0 aliphatic carbocycles. The molecular weight excluding hydrogens is 366 g/mol. The second kappa shape index (κ2) is 8.25. The van der Waals surface area contributed by atoms with Crippen molar-refractivity contribution in [2.45, 2.75) is 21.3 Å². The number of piperazine rings is 1. The van der Waals surface area contributed by atoms with E-state index in [4.69, 9.17) is 9.73 Å².